The quantitative estimate of drug-likeness (QED) is 0.0437. The topological polar surface area (TPSA) is 483 Å². The third kappa shape index (κ3) is 30.7. The highest BCUT2D eigenvalue weighted by Crippen LogP contribution is 2.25. The van der Waals surface area contributed by atoms with Crippen molar-refractivity contribution in [3.8, 4) is 11.5 Å². The SMILES string of the molecule is CCCCC1C(=O)N(C)CC(=O)NC(CC(=O)O)C(=O)NC(C(C)C)C(=O)N(C)C(Cc2ccccc2)C(=O)NC(Cc2ccc(O)cc2)C(=O)N(C)CC(=O)NC(Cc2c[nH]c3ccccc23)C(=O)NC(Cc2ccc(O)cc2)CNC(CC(C)C)C(=O)NC(C(=O)NCC(N)=O)CSCC(=O)NC(Cc2ccc(F)c(F)c2)C(=O)N(C)C(Cc2ccccc2)C(=O)N1C. The van der Waals surface area contributed by atoms with Crippen molar-refractivity contribution in [2.45, 2.75) is 172 Å². The summed E-state index contributed by atoms with van der Waals surface area (Å²) in [5, 5.41) is 56.4. The molecule has 130 heavy (non-hydrogen) atoms. The van der Waals surface area contributed by atoms with E-state index in [1.807, 2.05) is 32.9 Å². The Morgan fingerprint density at radius 1 is 0.508 bits per heavy atom. The number of primary amides is 1. The Morgan fingerprint density at radius 3 is 1.61 bits per heavy atom. The number of phenolic OH excluding ortho intramolecular Hbond substituents is 2. The molecule has 11 atom stereocenters. The highest BCUT2D eigenvalue weighted by molar-refractivity contribution is 8.00. The van der Waals surface area contributed by atoms with E-state index in [1.54, 1.807) is 105 Å². The molecule has 0 bridgehead atoms. The number of likely N-dealkylation sites (N-methyl/N-ethyl adjacent to an activating group) is 5. The second-order valence-electron chi connectivity index (χ2n) is 33.4. The van der Waals surface area contributed by atoms with Gasteiger partial charge in [0.15, 0.2) is 11.6 Å². The van der Waals surface area contributed by atoms with E-state index in [0.29, 0.717) is 51.6 Å². The Balaban J connectivity index is 1.21. The number of aromatic hydroxyl groups is 2. The molecule has 1 fully saturated rings. The lowest BCUT2D eigenvalue weighted by molar-refractivity contribution is -0.151. The van der Waals surface area contributed by atoms with Gasteiger partial charge >= 0.3 is 5.97 Å². The number of nitrogens with one attached hydrogen (secondary N) is 10. The molecule has 34 nitrogen and oxygen atoms in total. The molecule has 0 aliphatic carbocycles. The van der Waals surface area contributed by atoms with Crippen molar-refractivity contribution in [1.82, 2.24) is 77.3 Å². The van der Waals surface area contributed by atoms with Crippen LogP contribution in [0.5, 0.6) is 11.5 Å². The molecule has 14 amide bonds. The zero-order valence-corrected chi connectivity index (χ0v) is 75.3. The van der Waals surface area contributed by atoms with Crippen LogP contribution < -0.4 is 53.6 Å². The molecule has 1 aliphatic rings. The first-order chi connectivity index (χ1) is 61.8. The minimum absolute atomic E-state index is 0.0151. The van der Waals surface area contributed by atoms with Gasteiger partial charge in [-0.1, -0.05) is 157 Å². The molecule has 0 saturated carbocycles. The van der Waals surface area contributed by atoms with E-state index in [9.17, 15) is 62.9 Å². The minimum Gasteiger partial charge on any atom is -0.508 e. The standard InChI is InChI=1S/C93H118F2N16O18S/c1-11-12-27-75-91(127)108(7)51-80(116)102-71(46-82(118)119)87(123)106-83(55(4)5)93(129)110(9)76(43-56-21-15-13-16-22-56)88(124)104-72(41-59-30-35-64(113)36-31-59)89(125)107(6)50-79(115)101-70(45-61-47-97-68-26-20-19-25-65(61)68)86(122)100-62(39-58-28-33-63(112)34-29-58)48-98-69(38-54(2)3)85(121)105-74(84(120)99-49-78(96)114)52-130-53-81(117)103-73(42-60-32-37-66(94)67(95)40-60)90(126)111(10)77(92(128)109(75)8)44-57-23-17-14-18-24-57/h13-26,28-37,40,47,54-55,62,69-77,83,97-98,112-113H,11-12,27,38-39,41-46,48-53H2,1-10H3,(H2,96,114)(H,99,120)(H,100,122)(H,101,115)(H,102,116)(H,103,117)(H,104,124)(H,105,121)(H,106,123)(H,118,119). The van der Waals surface area contributed by atoms with Crippen molar-refractivity contribution in [2.75, 3.05) is 72.9 Å². The maximum absolute atomic E-state index is 15.5. The normalized spacial score (nSPS) is 21.9. The van der Waals surface area contributed by atoms with Gasteiger partial charge in [-0.15, -0.1) is 11.8 Å². The van der Waals surface area contributed by atoms with Crippen molar-refractivity contribution in [3.63, 3.8) is 0 Å². The number of benzene rings is 6. The zero-order valence-electron chi connectivity index (χ0n) is 74.5. The number of nitrogens with two attached hydrogens (primary N) is 1. The van der Waals surface area contributed by atoms with E-state index in [0.717, 1.165) is 48.4 Å². The molecule has 6 aromatic carbocycles. The minimum atomic E-state index is -1.93. The van der Waals surface area contributed by atoms with Crippen LogP contribution >= 0.6 is 11.8 Å². The van der Waals surface area contributed by atoms with Gasteiger partial charge in [0.1, 0.15) is 65.9 Å². The fourth-order valence-corrected chi connectivity index (χ4v) is 16.0. The summed E-state index contributed by atoms with van der Waals surface area (Å²) in [7, 11) is 6.36. The monoisotopic (exact) mass is 1820 g/mol. The summed E-state index contributed by atoms with van der Waals surface area (Å²) in [6.07, 6.45) is 0.140. The van der Waals surface area contributed by atoms with Crippen molar-refractivity contribution in [1.29, 1.82) is 0 Å². The first kappa shape index (κ1) is 102. The summed E-state index contributed by atoms with van der Waals surface area (Å²) in [6, 6.07) is 22.4. The Hall–Kier alpha value is -13.3. The Labute approximate surface area is 757 Å². The number of phenols is 2. The van der Waals surface area contributed by atoms with Gasteiger partial charge in [0.25, 0.3) is 0 Å². The number of halogens is 2. The van der Waals surface area contributed by atoms with Crippen molar-refractivity contribution >= 4 is 111 Å². The van der Waals surface area contributed by atoms with Gasteiger partial charge in [-0.2, -0.15) is 0 Å². The van der Waals surface area contributed by atoms with Crippen molar-refractivity contribution in [2.24, 2.45) is 17.6 Å². The number of aromatic amines is 1. The lowest BCUT2D eigenvalue weighted by Gasteiger charge is -2.37. The predicted molar refractivity (Wildman–Crippen MR) is 482 cm³/mol. The maximum atomic E-state index is 15.5. The molecule has 0 radical (unpaired) electrons. The number of carboxylic acid groups (broad SMARTS) is 1. The van der Waals surface area contributed by atoms with Gasteiger partial charge in [-0.25, -0.2) is 8.78 Å². The van der Waals surface area contributed by atoms with Crippen LogP contribution in [0.3, 0.4) is 0 Å². The van der Waals surface area contributed by atoms with E-state index in [4.69, 9.17) is 5.73 Å². The largest absolute Gasteiger partial charge is 0.508 e. The Kier molecular flexibility index (Phi) is 38.7. The number of rotatable bonds is 23. The molecule has 15 N–H and O–H groups in total. The molecular weight excluding hydrogens is 1700 g/mol. The molecule has 37 heteroatoms. The number of hydrogen-bond acceptors (Lipinski definition) is 19. The number of amides is 14. The number of unbranched alkanes of at least 4 members (excludes halogenated alkanes) is 1. The van der Waals surface area contributed by atoms with Gasteiger partial charge in [0, 0.05) is 103 Å². The molecule has 698 valence electrons. The van der Waals surface area contributed by atoms with Crippen LogP contribution in [0.25, 0.3) is 10.9 Å². The van der Waals surface area contributed by atoms with Crippen molar-refractivity contribution < 1.29 is 96.0 Å². The molecular formula is C93H118F2N16O18S. The van der Waals surface area contributed by atoms with E-state index < -0.39 is 211 Å². The first-order valence-corrected chi connectivity index (χ1v) is 44.0. The fourth-order valence-electron chi connectivity index (χ4n) is 15.1. The van der Waals surface area contributed by atoms with E-state index in [2.05, 4.69) is 52.8 Å². The third-order valence-electron chi connectivity index (χ3n) is 22.3. The highest BCUT2D eigenvalue weighted by atomic mass is 32.2. The lowest BCUT2D eigenvalue weighted by Crippen LogP contribution is -2.61. The molecule has 1 aromatic heterocycles. The number of fused-ring (bicyclic) bond motifs is 1. The average Bonchev–Trinajstić information content (AvgIpc) is 1.34. The molecule has 7 aromatic rings. The van der Waals surface area contributed by atoms with Gasteiger partial charge in [0.05, 0.1) is 37.8 Å². The van der Waals surface area contributed by atoms with E-state index >= 15 is 33.2 Å². The second-order valence-corrected chi connectivity index (χ2v) is 34.4. The number of thioether (sulfide) groups is 1. The first-order valence-electron chi connectivity index (χ1n) is 42.9. The van der Waals surface area contributed by atoms with E-state index in [-0.39, 0.29) is 80.2 Å². The average molecular weight is 1820 g/mol. The maximum Gasteiger partial charge on any atom is 0.305 e. The zero-order chi connectivity index (χ0) is 95.2. The number of aliphatic carboxylic acids is 1. The number of carbonyl (C=O) groups excluding carboxylic acids is 14. The Morgan fingerprint density at radius 2 is 1.02 bits per heavy atom. The molecule has 11 unspecified atom stereocenters. The summed E-state index contributed by atoms with van der Waals surface area (Å²) >= 11 is 0.790. The van der Waals surface area contributed by atoms with Crippen LogP contribution in [0.2, 0.25) is 0 Å². The van der Waals surface area contributed by atoms with Crippen molar-refractivity contribution in [3.05, 3.63) is 203 Å². The highest BCUT2D eigenvalue weighted by Gasteiger charge is 2.42. The number of carboxylic acids is 1. The summed E-state index contributed by atoms with van der Waals surface area (Å²) in [6.45, 7) is 6.09. The van der Waals surface area contributed by atoms with Gasteiger partial charge in [0.2, 0.25) is 82.7 Å². The molecule has 8 rings (SSSR count). The number of para-hydroxylation sites is 1. The van der Waals surface area contributed by atoms with Crippen LogP contribution in [0.1, 0.15) is 100 Å². The number of carbonyl (C=O) groups is 15. The summed E-state index contributed by atoms with van der Waals surface area (Å²) in [5.41, 5.74) is 8.79. The smallest absolute Gasteiger partial charge is 0.305 e. The lowest BCUT2D eigenvalue weighted by atomic mass is 9.98. The predicted octanol–water partition coefficient (Wildman–Crippen LogP) is 3.08. The summed E-state index contributed by atoms with van der Waals surface area (Å²) in [4.78, 5) is 228. The van der Waals surface area contributed by atoms with Crippen LogP contribution in [-0.2, 0) is 110 Å². The summed E-state index contributed by atoms with van der Waals surface area (Å²) < 4.78 is 29.7. The fraction of sp³-hybridized carbons (Fsp3) is 0.430. The van der Waals surface area contributed by atoms with Crippen LogP contribution in [-0.4, -0.2) is 273 Å². The van der Waals surface area contributed by atoms with Crippen LogP contribution in [0.4, 0.5) is 8.78 Å². The van der Waals surface area contributed by atoms with Gasteiger partial charge in [-0.3, -0.25) is 71.9 Å². The third-order valence-corrected chi connectivity index (χ3v) is 23.3. The van der Waals surface area contributed by atoms with Gasteiger partial charge in [-0.05, 0) is 107 Å². The summed E-state index contributed by atoms with van der Waals surface area (Å²) in [5.74, 6) is -18.9. The Bertz CT molecular complexity index is 5110. The number of nitrogens with zero attached hydrogens (tertiary/aromatic N) is 5. The molecule has 2 heterocycles. The van der Waals surface area contributed by atoms with Crippen LogP contribution in [0, 0.1) is 23.5 Å². The van der Waals surface area contributed by atoms with E-state index in [1.165, 1.54) is 77.7 Å². The molecule has 0 spiro atoms. The second kappa shape index (κ2) is 49.3. The molecule has 1 aliphatic heterocycles. The number of hydrogen-bond donors (Lipinski definition) is 14. The van der Waals surface area contributed by atoms with Crippen LogP contribution in [0.15, 0.2) is 158 Å². The number of H-pyrrole nitrogens is 1. The number of aromatic nitrogens is 1. The van der Waals surface area contributed by atoms with Gasteiger partial charge < -0.3 is 98.4 Å². The molecule has 1 saturated heterocycles.